The molecule has 0 aromatic carbocycles. The van der Waals surface area contributed by atoms with Crippen molar-refractivity contribution >= 4 is 11.8 Å². The predicted octanol–water partition coefficient (Wildman–Crippen LogP) is 0.510. The van der Waals surface area contributed by atoms with Crippen LogP contribution in [0.2, 0.25) is 0 Å². The van der Waals surface area contributed by atoms with E-state index in [0.717, 1.165) is 5.71 Å². The van der Waals surface area contributed by atoms with E-state index in [1.807, 2.05) is 20.8 Å². The second-order valence-corrected chi connectivity index (χ2v) is 2.05. The minimum absolute atomic E-state index is 0.616. The third-order valence-electron chi connectivity index (χ3n) is 0.986. The highest BCUT2D eigenvalue weighted by Crippen LogP contribution is 1.81. The zero-order chi connectivity index (χ0) is 8.15. The zero-order valence-electron chi connectivity index (χ0n) is 6.55. The molecule has 0 aromatic rings. The van der Waals surface area contributed by atoms with Crippen LogP contribution in [0.15, 0.2) is 0 Å². The van der Waals surface area contributed by atoms with Crippen LogP contribution in [-0.4, -0.2) is 23.1 Å². The van der Waals surface area contributed by atoms with Crippen molar-refractivity contribution in [3.05, 3.63) is 0 Å². The molecule has 0 bridgehead atoms. The fourth-order valence-corrected chi connectivity index (χ4v) is 0.581. The molecule has 0 aliphatic carbocycles. The largest absolute Gasteiger partial charge is 0.472 e. The molecule has 10 heavy (non-hydrogen) atoms. The molecule has 4 nitrogen and oxygen atoms in total. The molecule has 4 heteroatoms. The molecule has 0 spiro atoms. The summed E-state index contributed by atoms with van der Waals surface area (Å²) < 4.78 is 1.43. The Hall–Kier alpha value is -1.06. The van der Waals surface area contributed by atoms with E-state index in [0.29, 0.717) is 6.54 Å². The Morgan fingerprint density at radius 1 is 1.60 bits per heavy atom. The first kappa shape index (κ1) is 8.94. The molecule has 0 fully saturated rings. The van der Waals surface area contributed by atoms with Gasteiger partial charge in [-0.15, -0.1) is 0 Å². The van der Waals surface area contributed by atoms with Gasteiger partial charge in [-0.2, -0.15) is 4.84 Å². The molecule has 0 aliphatic rings. The molecule has 0 saturated heterocycles. The number of rotatable bonds is 2. The van der Waals surface area contributed by atoms with E-state index in [-0.39, 0.29) is 0 Å². The summed E-state index contributed by atoms with van der Waals surface area (Å²) in [7, 11) is 0. The van der Waals surface area contributed by atoms with Crippen LogP contribution >= 0.6 is 0 Å². The normalized spacial score (nSPS) is 8.70. The number of carbonyl (C=O) groups excluding carboxylic acids is 1. The van der Waals surface area contributed by atoms with Gasteiger partial charge in [-0.25, -0.2) is 4.79 Å². The number of hydrogen-bond acceptors (Lipinski definition) is 2. The number of hydroxylamine groups is 1. The first-order chi connectivity index (χ1) is 4.57. The van der Waals surface area contributed by atoms with Crippen LogP contribution in [0.25, 0.3) is 0 Å². The topological polar surface area (TPSA) is 55.3 Å². The highest BCUT2D eigenvalue weighted by Gasteiger charge is 2.08. The molecule has 0 atom stereocenters. The molecule has 0 rings (SSSR count). The van der Waals surface area contributed by atoms with Gasteiger partial charge in [-0.1, -0.05) is 0 Å². The molecule has 1 amide bonds. The predicted molar refractivity (Wildman–Crippen MR) is 37.8 cm³/mol. The lowest BCUT2D eigenvalue weighted by Crippen LogP contribution is -2.25. The third kappa shape index (κ3) is 3.06. The van der Waals surface area contributed by atoms with Crippen molar-refractivity contribution in [2.24, 2.45) is 5.73 Å². The summed E-state index contributed by atoms with van der Waals surface area (Å²) in [5.41, 5.74) is 5.69. The quantitative estimate of drug-likeness (QED) is 0.266. The van der Waals surface area contributed by atoms with Crippen LogP contribution in [-0.2, 0) is 4.84 Å². The van der Waals surface area contributed by atoms with Crippen molar-refractivity contribution in [1.29, 1.82) is 0 Å². The summed E-state index contributed by atoms with van der Waals surface area (Å²) in [6.45, 7) is 6.17. The number of amides is 1. The van der Waals surface area contributed by atoms with E-state index in [4.69, 9.17) is 5.73 Å². The summed E-state index contributed by atoms with van der Waals surface area (Å²) in [5, 5.41) is 0. The maximum Gasteiger partial charge on any atom is 0.472 e. The Bertz CT molecular complexity index is 159. The van der Waals surface area contributed by atoms with Gasteiger partial charge in [0.1, 0.15) is 0 Å². The lowest BCUT2D eigenvalue weighted by atomic mass is 10.5. The summed E-state index contributed by atoms with van der Waals surface area (Å²) in [6, 6.07) is 0. The standard InChI is InChI=1S/C6H12N2O2/c1-4-8(5(2)3)10-6(7)9/h4H2,1-3H3,(H-,7,9)/p+1. The Kier molecular flexibility index (Phi) is 3.46. The maximum atomic E-state index is 10.2. The summed E-state index contributed by atoms with van der Waals surface area (Å²) >= 11 is 0. The Labute approximate surface area is 60.2 Å². The smallest absolute Gasteiger partial charge is 0.330 e. The van der Waals surface area contributed by atoms with Gasteiger partial charge in [0, 0.05) is 13.8 Å². The van der Waals surface area contributed by atoms with Crippen LogP contribution in [0.3, 0.4) is 0 Å². The van der Waals surface area contributed by atoms with Crippen molar-refractivity contribution in [3.63, 3.8) is 0 Å². The number of nitrogens with two attached hydrogens (primary N) is 1. The second-order valence-electron chi connectivity index (χ2n) is 2.05. The van der Waals surface area contributed by atoms with Crippen LogP contribution in [0, 0.1) is 0 Å². The second kappa shape index (κ2) is 3.87. The van der Waals surface area contributed by atoms with Crippen LogP contribution in [0.4, 0.5) is 4.79 Å². The van der Waals surface area contributed by atoms with Crippen molar-refractivity contribution < 1.29 is 14.4 Å². The number of carbonyl (C=O) groups is 1. The highest BCUT2D eigenvalue weighted by atomic mass is 16.7. The Balaban J connectivity index is 4.11. The van der Waals surface area contributed by atoms with E-state index < -0.39 is 6.09 Å². The monoisotopic (exact) mass is 145 g/mol. The van der Waals surface area contributed by atoms with E-state index in [9.17, 15) is 4.79 Å². The van der Waals surface area contributed by atoms with Gasteiger partial charge in [0.15, 0.2) is 12.3 Å². The first-order valence-corrected chi connectivity index (χ1v) is 3.13. The zero-order valence-corrected chi connectivity index (χ0v) is 6.55. The minimum Gasteiger partial charge on any atom is -0.330 e. The van der Waals surface area contributed by atoms with Gasteiger partial charge >= 0.3 is 6.09 Å². The fraction of sp³-hybridized carbons (Fsp3) is 0.667. The summed E-state index contributed by atoms with van der Waals surface area (Å²) in [5.74, 6) is 0. The van der Waals surface area contributed by atoms with Gasteiger partial charge in [-0.05, 0) is 11.7 Å². The third-order valence-corrected chi connectivity index (χ3v) is 0.986. The van der Waals surface area contributed by atoms with Gasteiger partial charge in [-0.3, -0.25) is 0 Å². The van der Waals surface area contributed by atoms with Crippen LogP contribution in [0.5, 0.6) is 0 Å². The molecular weight excluding hydrogens is 132 g/mol. The lowest BCUT2D eigenvalue weighted by molar-refractivity contribution is -0.757. The molecular formula is C6H13N2O2+. The maximum absolute atomic E-state index is 10.2. The highest BCUT2D eigenvalue weighted by molar-refractivity contribution is 5.74. The molecule has 0 radical (unpaired) electrons. The van der Waals surface area contributed by atoms with Gasteiger partial charge in [0.05, 0.1) is 0 Å². The van der Waals surface area contributed by atoms with Crippen molar-refractivity contribution in [1.82, 2.24) is 0 Å². The first-order valence-electron chi connectivity index (χ1n) is 3.13. The number of nitrogens with zero attached hydrogens (tertiary/aromatic N) is 1. The molecule has 0 unspecified atom stereocenters. The molecule has 2 N–H and O–H groups in total. The van der Waals surface area contributed by atoms with Crippen molar-refractivity contribution in [2.45, 2.75) is 20.8 Å². The summed E-state index contributed by atoms with van der Waals surface area (Å²) in [4.78, 5) is 14.8. The van der Waals surface area contributed by atoms with E-state index in [2.05, 4.69) is 4.84 Å². The van der Waals surface area contributed by atoms with Crippen LogP contribution in [0.1, 0.15) is 20.8 Å². The average Bonchev–Trinajstić information content (AvgIpc) is 1.81. The van der Waals surface area contributed by atoms with Gasteiger partial charge < -0.3 is 5.73 Å². The van der Waals surface area contributed by atoms with Crippen LogP contribution < -0.4 is 5.73 Å². The molecule has 0 aliphatic heterocycles. The van der Waals surface area contributed by atoms with E-state index in [1.54, 1.807) is 0 Å². The SMILES string of the molecule is CC[N+](OC(N)=O)=C(C)C. The number of hydrogen-bond donors (Lipinski definition) is 1. The lowest BCUT2D eigenvalue weighted by Gasteiger charge is -1.95. The Morgan fingerprint density at radius 2 is 2.10 bits per heavy atom. The van der Waals surface area contributed by atoms with Crippen molar-refractivity contribution in [3.8, 4) is 0 Å². The number of primary amides is 1. The fourth-order valence-electron chi connectivity index (χ4n) is 0.581. The van der Waals surface area contributed by atoms with E-state index >= 15 is 0 Å². The summed E-state index contributed by atoms with van der Waals surface area (Å²) in [6.07, 6.45) is -0.775. The van der Waals surface area contributed by atoms with Gasteiger partial charge in [0.2, 0.25) is 0 Å². The average molecular weight is 145 g/mol. The Morgan fingerprint density at radius 3 is 2.20 bits per heavy atom. The molecule has 0 heterocycles. The van der Waals surface area contributed by atoms with E-state index in [1.165, 1.54) is 4.74 Å². The molecule has 0 aromatic heterocycles. The molecule has 58 valence electrons. The minimum atomic E-state index is -0.775. The van der Waals surface area contributed by atoms with Gasteiger partial charge in [0.25, 0.3) is 0 Å². The molecule has 0 saturated carbocycles. The van der Waals surface area contributed by atoms with Crippen molar-refractivity contribution in [2.75, 3.05) is 6.54 Å².